The lowest BCUT2D eigenvalue weighted by Gasteiger charge is -2.09. The van der Waals surface area contributed by atoms with E-state index in [2.05, 4.69) is 15.6 Å². The first kappa shape index (κ1) is 16.6. The van der Waals surface area contributed by atoms with E-state index in [4.69, 9.17) is 0 Å². The quantitative estimate of drug-likeness (QED) is 0.727. The van der Waals surface area contributed by atoms with Crippen LogP contribution in [0.4, 0.5) is 25.8 Å². The topological polar surface area (TPSA) is 54.0 Å². The van der Waals surface area contributed by atoms with Gasteiger partial charge in [-0.05, 0) is 43.3 Å². The average Bonchev–Trinajstić information content (AvgIpc) is 2.60. The van der Waals surface area contributed by atoms with Gasteiger partial charge in [0.15, 0.2) is 11.6 Å². The van der Waals surface area contributed by atoms with Crippen molar-refractivity contribution in [1.29, 1.82) is 0 Å². The molecule has 1 aromatic heterocycles. The van der Waals surface area contributed by atoms with Crippen molar-refractivity contribution in [2.45, 2.75) is 6.92 Å². The first-order valence-electron chi connectivity index (χ1n) is 7.57. The molecule has 126 valence electrons. The van der Waals surface area contributed by atoms with Gasteiger partial charge in [0.05, 0.1) is 0 Å². The number of aryl methyl sites for hydroxylation is 1. The zero-order valence-electron chi connectivity index (χ0n) is 13.4. The summed E-state index contributed by atoms with van der Waals surface area (Å²) >= 11 is 0. The number of benzene rings is 2. The number of rotatable bonds is 4. The van der Waals surface area contributed by atoms with E-state index in [0.717, 1.165) is 23.4 Å². The normalized spacial score (nSPS) is 10.4. The molecular weight excluding hydrogens is 324 g/mol. The highest BCUT2D eigenvalue weighted by atomic mass is 19.2. The van der Waals surface area contributed by atoms with Crippen molar-refractivity contribution in [2.24, 2.45) is 0 Å². The smallest absolute Gasteiger partial charge is 0.274 e. The van der Waals surface area contributed by atoms with E-state index in [1.807, 2.05) is 31.2 Å². The number of nitrogens with one attached hydrogen (secondary N) is 2. The lowest BCUT2D eigenvalue weighted by atomic mass is 10.2. The summed E-state index contributed by atoms with van der Waals surface area (Å²) in [6.07, 6.45) is 1.50. The highest BCUT2D eigenvalue weighted by molar-refractivity contribution is 6.03. The summed E-state index contributed by atoms with van der Waals surface area (Å²) in [7, 11) is 0. The Bertz CT molecular complexity index is 911. The number of nitrogens with zero attached hydrogens (tertiary/aromatic N) is 1. The molecule has 0 aliphatic rings. The number of aromatic nitrogens is 1. The van der Waals surface area contributed by atoms with E-state index in [0.29, 0.717) is 5.69 Å². The number of hydrogen-bond acceptors (Lipinski definition) is 3. The molecule has 3 aromatic rings. The summed E-state index contributed by atoms with van der Waals surface area (Å²) in [4.78, 5) is 16.3. The minimum Gasteiger partial charge on any atom is -0.355 e. The zero-order valence-corrected chi connectivity index (χ0v) is 13.4. The maximum atomic E-state index is 13.2. The van der Waals surface area contributed by atoms with Gasteiger partial charge in [-0.15, -0.1) is 0 Å². The van der Waals surface area contributed by atoms with Crippen molar-refractivity contribution < 1.29 is 13.6 Å². The number of hydrogen-bond donors (Lipinski definition) is 2. The molecule has 0 unspecified atom stereocenters. The Labute approximate surface area is 143 Å². The van der Waals surface area contributed by atoms with E-state index < -0.39 is 17.5 Å². The molecule has 0 fully saturated rings. The van der Waals surface area contributed by atoms with Crippen LogP contribution in [0.15, 0.2) is 60.8 Å². The Kier molecular flexibility index (Phi) is 4.70. The Hall–Kier alpha value is -3.28. The van der Waals surface area contributed by atoms with Crippen molar-refractivity contribution in [3.63, 3.8) is 0 Å². The van der Waals surface area contributed by atoms with Crippen LogP contribution in [-0.4, -0.2) is 10.9 Å². The van der Waals surface area contributed by atoms with Crippen molar-refractivity contribution in [2.75, 3.05) is 10.6 Å². The number of anilines is 3. The number of carbonyl (C=O) groups is 1. The minimum atomic E-state index is -1.03. The van der Waals surface area contributed by atoms with Crippen molar-refractivity contribution in [3.05, 3.63) is 83.7 Å². The van der Waals surface area contributed by atoms with Crippen LogP contribution in [0.5, 0.6) is 0 Å². The molecule has 0 saturated heterocycles. The van der Waals surface area contributed by atoms with Gasteiger partial charge in [-0.3, -0.25) is 9.78 Å². The Morgan fingerprint density at radius 3 is 2.32 bits per heavy atom. The number of carbonyl (C=O) groups excluding carboxylic acids is 1. The fourth-order valence-electron chi connectivity index (χ4n) is 2.21. The second kappa shape index (κ2) is 7.09. The van der Waals surface area contributed by atoms with E-state index >= 15 is 0 Å². The number of amides is 1. The molecule has 0 spiro atoms. The molecule has 0 aliphatic carbocycles. The minimum absolute atomic E-state index is 0.154. The Balaban J connectivity index is 1.74. The van der Waals surface area contributed by atoms with Crippen LogP contribution in [0, 0.1) is 18.6 Å². The third-order valence-corrected chi connectivity index (χ3v) is 3.51. The van der Waals surface area contributed by atoms with E-state index in [1.54, 1.807) is 12.1 Å². The largest absolute Gasteiger partial charge is 0.355 e. The maximum Gasteiger partial charge on any atom is 0.274 e. The average molecular weight is 339 g/mol. The van der Waals surface area contributed by atoms with Gasteiger partial charge < -0.3 is 10.6 Å². The summed E-state index contributed by atoms with van der Waals surface area (Å²) in [5.74, 6) is -2.51. The highest BCUT2D eigenvalue weighted by Crippen LogP contribution is 2.18. The lowest BCUT2D eigenvalue weighted by molar-refractivity contribution is 0.102. The van der Waals surface area contributed by atoms with Gasteiger partial charge >= 0.3 is 0 Å². The van der Waals surface area contributed by atoms with Gasteiger partial charge in [0.2, 0.25) is 0 Å². The van der Waals surface area contributed by atoms with Gasteiger partial charge in [-0.2, -0.15) is 0 Å². The molecule has 3 rings (SSSR count). The van der Waals surface area contributed by atoms with Gasteiger partial charge in [-0.1, -0.05) is 17.7 Å². The lowest BCUT2D eigenvalue weighted by Crippen LogP contribution is -2.14. The van der Waals surface area contributed by atoms with Gasteiger partial charge in [0.25, 0.3) is 5.91 Å². The molecule has 0 bridgehead atoms. The standard InChI is InChI=1S/C19H15F2N3O/c1-12-2-4-13(5-3-12)23-15-8-9-22-18(11-15)19(25)24-14-6-7-16(20)17(21)10-14/h2-11H,1H3,(H,22,23)(H,24,25). The fourth-order valence-corrected chi connectivity index (χ4v) is 2.21. The fraction of sp³-hybridized carbons (Fsp3) is 0.0526. The van der Waals surface area contributed by atoms with E-state index in [1.165, 1.54) is 12.3 Å². The van der Waals surface area contributed by atoms with E-state index in [-0.39, 0.29) is 11.4 Å². The molecule has 0 atom stereocenters. The number of halogens is 2. The zero-order chi connectivity index (χ0) is 17.8. The third kappa shape index (κ3) is 4.17. The van der Waals surface area contributed by atoms with Gasteiger partial charge in [0, 0.05) is 29.3 Å². The van der Waals surface area contributed by atoms with Crippen molar-refractivity contribution in [3.8, 4) is 0 Å². The summed E-state index contributed by atoms with van der Waals surface area (Å²) in [5, 5.41) is 5.67. The predicted octanol–water partition coefficient (Wildman–Crippen LogP) is 4.66. The highest BCUT2D eigenvalue weighted by Gasteiger charge is 2.10. The summed E-state index contributed by atoms with van der Waals surface area (Å²) in [6.45, 7) is 2.00. The second-order valence-electron chi connectivity index (χ2n) is 5.50. The molecule has 6 heteroatoms. The third-order valence-electron chi connectivity index (χ3n) is 3.51. The van der Waals surface area contributed by atoms with Crippen LogP contribution in [0.25, 0.3) is 0 Å². The van der Waals surface area contributed by atoms with Crippen LogP contribution in [0.2, 0.25) is 0 Å². The molecule has 0 aliphatic heterocycles. The molecule has 0 radical (unpaired) electrons. The van der Waals surface area contributed by atoms with Crippen molar-refractivity contribution >= 4 is 23.0 Å². The van der Waals surface area contributed by atoms with Crippen LogP contribution in [0.1, 0.15) is 16.1 Å². The van der Waals surface area contributed by atoms with Crippen LogP contribution >= 0.6 is 0 Å². The molecule has 2 aromatic carbocycles. The van der Waals surface area contributed by atoms with Gasteiger partial charge in [-0.25, -0.2) is 8.78 Å². The van der Waals surface area contributed by atoms with E-state index in [9.17, 15) is 13.6 Å². The van der Waals surface area contributed by atoms with Crippen LogP contribution in [-0.2, 0) is 0 Å². The molecule has 1 heterocycles. The molecule has 1 amide bonds. The molecule has 4 nitrogen and oxygen atoms in total. The second-order valence-corrected chi connectivity index (χ2v) is 5.50. The Morgan fingerprint density at radius 2 is 1.60 bits per heavy atom. The SMILES string of the molecule is Cc1ccc(Nc2ccnc(C(=O)Nc3ccc(F)c(F)c3)c2)cc1. The number of pyridine rings is 1. The van der Waals surface area contributed by atoms with Crippen molar-refractivity contribution in [1.82, 2.24) is 4.98 Å². The van der Waals surface area contributed by atoms with Crippen LogP contribution < -0.4 is 10.6 Å². The van der Waals surface area contributed by atoms with Crippen LogP contribution in [0.3, 0.4) is 0 Å². The molecule has 25 heavy (non-hydrogen) atoms. The Morgan fingerprint density at radius 1 is 0.880 bits per heavy atom. The first-order valence-corrected chi connectivity index (χ1v) is 7.57. The van der Waals surface area contributed by atoms with Gasteiger partial charge in [0.1, 0.15) is 5.69 Å². The molecule has 2 N–H and O–H groups in total. The maximum absolute atomic E-state index is 13.2. The molecular formula is C19H15F2N3O. The monoisotopic (exact) mass is 339 g/mol. The summed E-state index contributed by atoms with van der Waals surface area (Å²) in [6, 6.07) is 14.3. The first-order chi connectivity index (χ1) is 12.0. The summed E-state index contributed by atoms with van der Waals surface area (Å²) < 4.78 is 26.2. The molecule has 0 saturated carbocycles. The predicted molar refractivity (Wildman–Crippen MR) is 93.0 cm³/mol. The summed E-state index contributed by atoms with van der Waals surface area (Å²) in [5.41, 5.74) is 3.02.